The number of carbonyl (C=O) groups is 1. The van der Waals surface area contributed by atoms with Crippen LogP contribution in [0.4, 0.5) is 14.5 Å². The second kappa shape index (κ2) is 5.05. The lowest BCUT2D eigenvalue weighted by Crippen LogP contribution is -2.26. The van der Waals surface area contributed by atoms with Crippen molar-refractivity contribution in [1.29, 1.82) is 0 Å². The topological polar surface area (TPSA) is 54.5 Å². The Bertz CT molecular complexity index is 620. The van der Waals surface area contributed by atoms with E-state index in [2.05, 4.69) is 0 Å². The van der Waals surface area contributed by atoms with Gasteiger partial charge in [-0.25, -0.2) is 17.2 Å². The zero-order valence-electron chi connectivity index (χ0n) is 9.64. The normalized spacial score (nSPS) is 20.1. The Morgan fingerprint density at radius 3 is 2.68 bits per heavy atom. The van der Waals surface area contributed by atoms with Crippen LogP contribution >= 0.6 is 10.7 Å². The molecular weight excluding hydrogens is 300 g/mol. The van der Waals surface area contributed by atoms with E-state index in [9.17, 15) is 22.0 Å². The van der Waals surface area contributed by atoms with E-state index in [1.807, 2.05) is 0 Å². The van der Waals surface area contributed by atoms with Gasteiger partial charge in [0.2, 0.25) is 15.0 Å². The van der Waals surface area contributed by atoms with Crippen LogP contribution in [-0.2, 0) is 13.8 Å². The maximum absolute atomic E-state index is 13.6. The Morgan fingerprint density at radius 1 is 1.37 bits per heavy atom. The highest BCUT2D eigenvalue weighted by molar-refractivity contribution is 8.13. The van der Waals surface area contributed by atoms with E-state index in [1.165, 1.54) is 0 Å². The molecule has 2 rings (SSSR count). The van der Waals surface area contributed by atoms with Gasteiger partial charge in [-0.05, 0) is 12.1 Å². The van der Waals surface area contributed by atoms with Crippen molar-refractivity contribution in [1.82, 2.24) is 0 Å². The van der Waals surface area contributed by atoms with E-state index >= 15 is 0 Å². The second-order valence-electron chi connectivity index (χ2n) is 4.38. The number of amides is 1. The number of nitrogens with zero attached hydrogens (tertiary/aromatic N) is 1. The summed E-state index contributed by atoms with van der Waals surface area (Å²) in [6, 6.07) is 2.77. The first kappa shape index (κ1) is 14.2. The zero-order valence-corrected chi connectivity index (χ0v) is 11.2. The lowest BCUT2D eigenvalue weighted by Gasteiger charge is -2.17. The Balaban J connectivity index is 2.23. The third-order valence-corrected chi connectivity index (χ3v) is 4.09. The van der Waals surface area contributed by atoms with Crippen molar-refractivity contribution >= 4 is 31.3 Å². The number of rotatable bonds is 3. The highest BCUT2D eigenvalue weighted by Crippen LogP contribution is 2.29. The van der Waals surface area contributed by atoms with E-state index in [0.717, 1.165) is 23.1 Å². The summed E-state index contributed by atoms with van der Waals surface area (Å²) in [7, 11) is 1.39. The highest BCUT2D eigenvalue weighted by Gasteiger charge is 2.34. The monoisotopic (exact) mass is 309 g/mol. The Hall–Kier alpha value is -1.21. The highest BCUT2D eigenvalue weighted by atomic mass is 35.7. The molecule has 0 radical (unpaired) electrons. The number of benzene rings is 1. The maximum Gasteiger partial charge on any atom is 0.232 e. The molecule has 4 nitrogen and oxygen atoms in total. The SMILES string of the molecule is O=C1CC(CS(=O)(=O)Cl)CN1c1cc(F)ccc1F. The van der Waals surface area contributed by atoms with Crippen LogP contribution in [0, 0.1) is 17.6 Å². The van der Waals surface area contributed by atoms with Crippen LogP contribution in [0.1, 0.15) is 6.42 Å². The van der Waals surface area contributed by atoms with Crippen LogP contribution in [0.5, 0.6) is 0 Å². The van der Waals surface area contributed by atoms with Crippen LogP contribution in [0.25, 0.3) is 0 Å². The fourth-order valence-electron chi connectivity index (χ4n) is 2.10. The molecule has 1 unspecified atom stereocenters. The molecule has 0 saturated carbocycles. The minimum absolute atomic E-state index is 0.00512. The summed E-state index contributed by atoms with van der Waals surface area (Å²) in [5, 5.41) is 0. The molecule has 104 valence electrons. The van der Waals surface area contributed by atoms with E-state index < -0.39 is 32.5 Å². The largest absolute Gasteiger partial charge is 0.309 e. The first-order valence-corrected chi connectivity index (χ1v) is 7.92. The van der Waals surface area contributed by atoms with Gasteiger partial charge in [0.05, 0.1) is 11.4 Å². The van der Waals surface area contributed by atoms with E-state index in [4.69, 9.17) is 10.7 Å². The predicted molar refractivity (Wildman–Crippen MR) is 66.5 cm³/mol. The molecular formula is C11H10ClF2NO3S. The van der Waals surface area contributed by atoms with Gasteiger partial charge in [-0.1, -0.05) is 0 Å². The lowest BCUT2D eigenvalue weighted by molar-refractivity contribution is -0.117. The fraction of sp³-hybridized carbons (Fsp3) is 0.364. The number of hydrogen-bond acceptors (Lipinski definition) is 3. The van der Waals surface area contributed by atoms with Crippen LogP contribution in [0.15, 0.2) is 18.2 Å². The van der Waals surface area contributed by atoms with Crippen molar-refractivity contribution in [2.75, 3.05) is 17.2 Å². The molecule has 0 aromatic heterocycles. The number of halogens is 3. The smallest absolute Gasteiger partial charge is 0.232 e. The van der Waals surface area contributed by atoms with Crippen LogP contribution < -0.4 is 4.90 Å². The average Bonchev–Trinajstić information content (AvgIpc) is 2.60. The minimum atomic E-state index is -3.73. The molecule has 1 aromatic carbocycles. The van der Waals surface area contributed by atoms with Crippen LogP contribution in [0.2, 0.25) is 0 Å². The van der Waals surface area contributed by atoms with Crippen molar-refractivity contribution in [3.05, 3.63) is 29.8 Å². The quantitative estimate of drug-likeness (QED) is 0.801. The van der Waals surface area contributed by atoms with Crippen molar-refractivity contribution in [3.8, 4) is 0 Å². The molecule has 1 amide bonds. The van der Waals surface area contributed by atoms with Gasteiger partial charge in [-0.3, -0.25) is 4.79 Å². The summed E-state index contributed by atoms with van der Waals surface area (Å²) in [6.45, 7) is 0.00512. The Morgan fingerprint density at radius 2 is 2.05 bits per heavy atom. The molecule has 0 aliphatic carbocycles. The summed E-state index contributed by atoms with van der Waals surface area (Å²) in [6.07, 6.45) is -0.0537. The first-order valence-electron chi connectivity index (χ1n) is 5.44. The molecule has 19 heavy (non-hydrogen) atoms. The molecule has 1 atom stereocenters. The van der Waals surface area contributed by atoms with Gasteiger partial charge < -0.3 is 4.90 Å². The Kier molecular flexibility index (Phi) is 3.78. The standard InChI is InChI=1S/C11H10ClF2NO3S/c12-19(17,18)6-7-3-11(16)15(5-7)10-4-8(13)1-2-9(10)14/h1-2,4,7H,3,5-6H2. The molecule has 1 aliphatic heterocycles. The van der Waals surface area contributed by atoms with E-state index in [-0.39, 0.29) is 24.4 Å². The number of anilines is 1. The minimum Gasteiger partial charge on any atom is -0.309 e. The fourth-order valence-corrected chi connectivity index (χ4v) is 3.42. The predicted octanol–water partition coefficient (Wildman–Crippen LogP) is 1.89. The summed E-state index contributed by atoms with van der Waals surface area (Å²) in [5.41, 5.74) is -0.181. The van der Waals surface area contributed by atoms with Crippen molar-refractivity contribution in [2.45, 2.75) is 6.42 Å². The van der Waals surface area contributed by atoms with Crippen LogP contribution in [0.3, 0.4) is 0 Å². The van der Waals surface area contributed by atoms with Gasteiger partial charge in [-0.15, -0.1) is 0 Å². The molecule has 0 spiro atoms. The molecule has 1 saturated heterocycles. The molecule has 1 aliphatic rings. The maximum atomic E-state index is 13.6. The van der Waals surface area contributed by atoms with E-state index in [0.29, 0.717) is 0 Å². The molecule has 1 heterocycles. The van der Waals surface area contributed by atoms with Gasteiger partial charge >= 0.3 is 0 Å². The summed E-state index contributed by atoms with van der Waals surface area (Å²) >= 11 is 0. The summed E-state index contributed by atoms with van der Waals surface area (Å²) in [5.74, 6) is -2.73. The van der Waals surface area contributed by atoms with Gasteiger partial charge in [0.15, 0.2) is 0 Å². The molecule has 1 fully saturated rings. The van der Waals surface area contributed by atoms with Crippen molar-refractivity contribution in [3.63, 3.8) is 0 Å². The zero-order chi connectivity index (χ0) is 14.2. The second-order valence-corrected chi connectivity index (χ2v) is 7.20. The first-order chi connectivity index (χ1) is 8.76. The lowest BCUT2D eigenvalue weighted by atomic mass is 10.1. The average molecular weight is 310 g/mol. The van der Waals surface area contributed by atoms with Crippen LogP contribution in [-0.4, -0.2) is 26.6 Å². The summed E-state index contributed by atoms with van der Waals surface area (Å²) < 4.78 is 48.5. The molecule has 1 aromatic rings. The molecule has 0 bridgehead atoms. The van der Waals surface area contributed by atoms with Gasteiger partial charge in [-0.2, -0.15) is 0 Å². The van der Waals surface area contributed by atoms with Gasteiger partial charge in [0.25, 0.3) is 0 Å². The summed E-state index contributed by atoms with van der Waals surface area (Å²) in [4.78, 5) is 12.8. The van der Waals surface area contributed by atoms with Gasteiger partial charge in [0, 0.05) is 35.6 Å². The number of hydrogen-bond donors (Lipinski definition) is 0. The van der Waals surface area contributed by atoms with Gasteiger partial charge in [0.1, 0.15) is 11.6 Å². The van der Waals surface area contributed by atoms with E-state index in [1.54, 1.807) is 0 Å². The Labute approximate surface area is 113 Å². The third-order valence-electron chi connectivity index (χ3n) is 2.84. The molecule has 0 N–H and O–H groups in total. The van der Waals surface area contributed by atoms with Crippen molar-refractivity contribution in [2.24, 2.45) is 5.92 Å². The third kappa shape index (κ3) is 3.42. The van der Waals surface area contributed by atoms with Crippen molar-refractivity contribution < 1.29 is 22.0 Å². The number of carbonyl (C=O) groups excluding carboxylic acids is 1. The molecule has 8 heteroatoms.